The van der Waals surface area contributed by atoms with Crippen LogP contribution in [-0.4, -0.2) is 45.8 Å². The van der Waals surface area contributed by atoms with Gasteiger partial charge in [-0.25, -0.2) is 12.7 Å². The number of hydrogen-bond acceptors (Lipinski definition) is 4. The number of sulfonamides is 1. The highest BCUT2D eigenvalue weighted by Crippen LogP contribution is 2.28. The van der Waals surface area contributed by atoms with Gasteiger partial charge in [-0.05, 0) is 74.9 Å². The van der Waals surface area contributed by atoms with E-state index in [2.05, 4.69) is 17.6 Å². The Bertz CT molecular complexity index is 760. The molecule has 1 amide bonds. The standard InChI is InChI=1S/C19H31N3O3S.ClH/c1-13-10-17(26(24,25)22(4)5)12-18(15(13)3)21-19(23)11-14(2)16-6-8-20-9-7-16;/h10,12,14,16,20H,6-9,11H2,1-5H3,(H,21,23);1H. The first-order valence-electron chi connectivity index (χ1n) is 9.17. The summed E-state index contributed by atoms with van der Waals surface area (Å²) < 4.78 is 26.0. The smallest absolute Gasteiger partial charge is 0.242 e. The zero-order chi connectivity index (χ0) is 19.5. The van der Waals surface area contributed by atoms with Crippen LogP contribution in [0.2, 0.25) is 0 Å². The van der Waals surface area contributed by atoms with Gasteiger partial charge < -0.3 is 10.6 Å². The maximum Gasteiger partial charge on any atom is 0.242 e. The third-order valence-electron chi connectivity index (χ3n) is 5.39. The number of carbonyl (C=O) groups is 1. The lowest BCUT2D eigenvalue weighted by atomic mass is 9.84. The molecular weight excluding hydrogens is 386 g/mol. The number of nitrogens with zero attached hydrogens (tertiary/aromatic N) is 1. The summed E-state index contributed by atoms with van der Waals surface area (Å²) in [6.07, 6.45) is 2.65. The summed E-state index contributed by atoms with van der Waals surface area (Å²) in [5.74, 6) is 0.815. The first kappa shape index (κ1) is 23.9. The first-order valence-corrected chi connectivity index (χ1v) is 10.6. The minimum atomic E-state index is -3.54. The summed E-state index contributed by atoms with van der Waals surface area (Å²) in [7, 11) is -0.533. The molecule has 1 aromatic rings. The van der Waals surface area contributed by atoms with Gasteiger partial charge in [0.1, 0.15) is 0 Å². The van der Waals surface area contributed by atoms with Crippen LogP contribution >= 0.6 is 12.4 Å². The Hall–Kier alpha value is -1.15. The van der Waals surface area contributed by atoms with E-state index in [-0.39, 0.29) is 23.2 Å². The maximum absolute atomic E-state index is 12.5. The molecule has 0 aliphatic carbocycles. The molecule has 1 fully saturated rings. The van der Waals surface area contributed by atoms with Crippen LogP contribution in [0.4, 0.5) is 5.69 Å². The Kier molecular flexibility index (Phi) is 8.73. The van der Waals surface area contributed by atoms with E-state index in [4.69, 9.17) is 0 Å². The summed E-state index contributed by atoms with van der Waals surface area (Å²) in [6.45, 7) is 7.91. The number of rotatable bonds is 6. The van der Waals surface area contributed by atoms with Crippen LogP contribution in [0.1, 0.15) is 37.3 Å². The molecule has 2 rings (SSSR count). The molecule has 8 heteroatoms. The lowest BCUT2D eigenvalue weighted by molar-refractivity contribution is -0.117. The van der Waals surface area contributed by atoms with E-state index in [1.165, 1.54) is 18.4 Å². The van der Waals surface area contributed by atoms with Gasteiger partial charge in [-0.2, -0.15) is 0 Å². The zero-order valence-corrected chi connectivity index (χ0v) is 18.5. The quantitative estimate of drug-likeness (QED) is 0.745. The van der Waals surface area contributed by atoms with Crippen molar-refractivity contribution < 1.29 is 13.2 Å². The first-order chi connectivity index (χ1) is 12.1. The van der Waals surface area contributed by atoms with Crippen molar-refractivity contribution in [3.8, 4) is 0 Å². The summed E-state index contributed by atoms with van der Waals surface area (Å²) >= 11 is 0. The zero-order valence-electron chi connectivity index (χ0n) is 16.8. The molecular formula is C19H32ClN3O3S. The van der Waals surface area contributed by atoms with Crippen molar-refractivity contribution in [2.75, 3.05) is 32.5 Å². The molecule has 1 unspecified atom stereocenters. The van der Waals surface area contributed by atoms with Gasteiger partial charge in [0.15, 0.2) is 0 Å². The van der Waals surface area contributed by atoms with Crippen molar-refractivity contribution in [3.63, 3.8) is 0 Å². The van der Waals surface area contributed by atoms with Crippen LogP contribution in [0.5, 0.6) is 0 Å². The summed E-state index contributed by atoms with van der Waals surface area (Å²) in [6, 6.07) is 3.21. The van der Waals surface area contributed by atoms with E-state index >= 15 is 0 Å². The van der Waals surface area contributed by atoms with E-state index in [1.54, 1.807) is 12.1 Å². The number of anilines is 1. The summed E-state index contributed by atoms with van der Waals surface area (Å²) in [5.41, 5.74) is 2.31. The molecule has 1 aliphatic heterocycles. The molecule has 6 nitrogen and oxygen atoms in total. The fourth-order valence-electron chi connectivity index (χ4n) is 3.39. The Labute approximate surface area is 169 Å². The highest BCUT2D eigenvalue weighted by Gasteiger charge is 2.23. The number of carbonyl (C=O) groups excluding carboxylic acids is 1. The molecule has 1 aliphatic rings. The number of nitrogens with one attached hydrogen (secondary N) is 2. The Morgan fingerprint density at radius 2 is 1.85 bits per heavy atom. The minimum absolute atomic E-state index is 0. The van der Waals surface area contributed by atoms with Gasteiger partial charge in [-0.15, -0.1) is 12.4 Å². The third kappa shape index (κ3) is 5.91. The van der Waals surface area contributed by atoms with E-state index in [0.29, 0.717) is 23.9 Å². The lowest BCUT2D eigenvalue weighted by Gasteiger charge is -2.28. The van der Waals surface area contributed by atoms with Gasteiger partial charge in [-0.3, -0.25) is 4.79 Å². The molecule has 0 radical (unpaired) electrons. The monoisotopic (exact) mass is 417 g/mol. The number of piperidine rings is 1. The van der Waals surface area contributed by atoms with E-state index in [9.17, 15) is 13.2 Å². The molecule has 27 heavy (non-hydrogen) atoms. The maximum atomic E-state index is 12.5. The summed E-state index contributed by atoms with van der Waals surface area (Å²) in [4.78, 5) is 12.7. The van der Waals surface area contributed by atoms with Crippen molar-refractivity contribution in [1.29, 1.82) is 0 Å². The molecule has 0 saturated carbocycles. The molecule has 1 heterocycles. The average molecular weight is 418 g/mol. The van der Waals surface area contributed by atoms with Crippen molar-refractivity contribution in [3.05, 3.63) is 23.3 Å². The number of aryl methyl sites for hydroxylation is 1. The predicted molar refractivity (Wildman–Crippen MR) is 112 cm³/mol. The van der Waals surface area contributed by atoms with Gasteiger partial charge in [0.05, 0.1) is 4.90 Å². The topological polar surface area (TPSA) is 78.5 Å². The van der Waals surface area contributed by atoms with Crippen LogP contribution in [0.25, 0.3) is 0 Å². The van der Waals surface area contributed by atoms with Crippen LogP contribution in [-0.2, 0) is 14.8 Å². The Morgan fingerprint density at radius 3 is 2.41 bits per heavy atom. The van der Waals surface area contributed by atoms with Gasteiger partial charge in [0, 0.05) is 26.2 Å². The molecule has 1 aromatic carbocycles. The van der Waals surface area contributed by atoms with Crippen LogP contribution in [0, 0.1) is 25.7 Å². The molecule has 2 N–H and O–H groups in total. The molecule has 154 valence electrons. The number of halogens is 1. The normalized spacial score (nSPS) is 16.7. The molecule has 0 bridgehead atoms. The SMILES string of the molecule is Cc1cc(S(=O)(=O)N(C)C)cc(NC(=O)CC(C)C2CCNCC2)c1C.Cl. The highest BCUT2D eigenvalue weighted by atomic mass is 35.5. The highest BCUT2D eigenvalue weighted by molar-refractivity contribution is 7.89. The van der Waals surface area contributed by atoms with E-state index < -0.39 is 10.0 Å². The second-order valence-corrected chi connectivity index (χ2v) is 9.67. The minimum Gasteiger partial charge on any atom is -0.326 e. The number of benzene rings is 1. The average Bonchev–Trinajstić information content (AvgIpc) is 2.59. The third-order valence-corrected chi connectivity index (χ3v) is 7.18. The van der Waals surface area contributed by atoms with Crippen LogP contribution in [0.15, 0.2) is 17.0 Å². The van der Waals surface area contributed by atoms with Crippen LogP contribution < -0.4 is 10.6 Å². The van der Waals surface area contributed by atoms with Crippen molar-refractivity contribution in [2.45, 2.75) is 44.9 Å². The lowest BCUT2D eigenvalue weighted by Crippen LogP contribution is -2.32. The van der Waals surface area contributed by atoms with Gasteiger partial charge in [0.2, 0.25) is 15.9 Å². The second kappa shape index (κ2) is 9.87. The number of amides is 1. The fraction of sp³-hybridized carbons (Fsp3) is 0.632. The van der Waals surface area contributed by atoms with E-state index in [0.717, 1.165) is 37.1 Å². The van der Waals surface area contributed by atoms with Gasteiger partial charge in [-0.1, -0.05) is 6.92 Å². The van der Waals surface area contributed by atoms with Crippen LogP contribution in [0.3, 0.4) is 0 Å². The molecule has 0 aromatic heterocycles. The Morgan fingerprint density at radius 1 is 1.26 bits per heavy atom. The van der Waals surface area contributed by atoms with Crippen molar-refractivity contribution >= 4 is 34.0 Å². The molecule has 1 saturated heterocycles. The van der Waals surface area contributed by atoms with Gasteiger partial charge in [0.25, 0.3) is 0 Å². The Balaban J connectivity index is 0.00000364. The largest absolute Gasteiger partial charge is 0.326 e. The van der Waals surface area contributed by atoms with Crippen molar-refractivity contribution in [2.24, 2.45) is 11.8 Å². The second-order valence-electron chi connectivity index (χ2n) is 7.52. The van der Waals surface area contributed by atoms with Crippen molar-refractivity contribution in [1.82, 2.24) is 9.62 Å². The summed E-state index contributed by atoms with van der Waals surface area (Å²) in [5, 5.41) is 6.28. The number of hydrogen-bond donors (Lipinski definition) is 2. The molecule has 0 spiro atoms. The van der Waals surface area contributed by atoms with Gasteiger partial charge >= 0.3 is 0 Å². The molecule has 1 atom stereocenters. The predicted octanol–water partition coefficient (Wildman–Crippen LogP) is 2.94. The fourth-order valence-corrected chi connectivity index (χ4v) is 4.40. The van der Waals surface area contributed by atoms with E-state index in [1.807, 2.05) is 13.8 Å².